The Hall–Kier alpha value is -4.50. The number of ether oxygens (including phenoxy) is 2. The van der Waals surface area contributed by atoms with E-state index in [1.807, 2.05) is 0 Å². The molecule has 0 bridgehead atoms. The second-order valence-electron chi connectivity index (χ2n) is 10.6. The Morgan fingerprint density at radius 1 is 1.09 bits per heavy atom. The van der Waals surface area contributed by atoms with Crippen LogP contribution in [0.4, 0.5) is 23.2 Å². The zero-order valence-corrected chi connectivity index (χ0v) is 23.6. The van der Waals surface area contributed by atoms with Gasteiger partial charge in [0.15, 0.2) is 0 Å². The molecule has 2 aromatic carbocycles. The van der Waals surface area contributed by atoms with Crippen molar-refractivity contribution in [2.75, 3.05) is 24.7 Å². The summed E-state index contributed by atoms with van der Waals surface area (Å²) in [6.07, 6.45) is -4.86. The minimum Gasteiger partial charge on any atom is -0.480 e. The van der Waals surface area contributed by atoms with Crippen molar-refractivity contribution in [3.63, 3.8) is 0 Å². The Morgan fingerprint density at radius 2 is 1.80 bits per heavy atom. The third-order valence-electron chi connectivity index (χ3n) is 7.75. The van der Waals surface area contributed by atoms with Crippen LogP contribution in [0.1, 0.15) is 32.7 Å². The molecule has 1 aromatic heterocycles. The number of benzene rings is 2. The average Bonchev–Trinajstić information content (AvgIpc) is 3.46. The fourth-order valence-electron chi connectivity index (χ4n) is 5.43. The molecule has 2 N–H and O–H groups in total. The highest BCUT2D eigenvalue weighted by molar-refractivity contribution is 5.98. The van der Waals surface area contributed by atoms with Crippen LogP contribution in [0.5, 0.6) is 0 Å². The van der Waals surface area contributed by atoms with Crippen LogP contribution >= 0.6 is 0 Å². The minimum absolute atomic E-state index is 0.00637. The summed E-state index contributed by atoms with van der Waals surface area (Å²) < 4.78 is 68.3. The number of rotatable bonds is 7. The number of fused-ring (bicyclic) bond motifs is 1. The van der Waals surface area contributed by atoms with Gasteiger partial charge in [0.2, 0.25) is 0 Å². The van der Waals surface area contributed by atoms with Gasteiger partial charge in [-0.05, 0) is 42.3 Å². The number of carbonyl (C=O) groups excluding carboxylic acids is 1. The largest absolute Gasteiger partial charge is 0.480 e. The van der Waals surface area contributed by atoms with Crippen molar-refractivity contribution >= 4 is 17.6 Å². The fraction of sp³-hybridized carbons (Fsp3) is 0.379. The van der Waals surface area contributed by atoms with Crippen molar-refractivity contribution in [1.29, 1.82) is 0 Å². The number of amides is 1. The molecule has 0 saturated carbocycles. The van der Waals surface area contributed by atoms with Gasteiger partial charge in [-0.15, -0.1) is 0 Å². The second kappa shape index (κ2) is 11.9. The third kappa shape index (κ3) is 5.84. The molecule has 2 aliphatic rings. The highest BCUT2D eigenvalue weighted by Gasteiger charge is 2.45. The van der Waals surface area contributed by atoms with Gasteiger partial charge in [0.05, 0.1) is 48.9 Å². The van der Waals surface area contributed by atoms with E-state index in [0.29, 0.717) is 16.8 Å². The normalized spacial score (nSPS) is 17.3. The Bertz CT molecular complexity index is 1710. The van der Waals surface area contributed by atoms with Crippen molar-refractivity contribution in [2.45, 2.75) is 44.8 Å². The van der Waals surface area contributed by atoms with Crippen molar-refractivity contribution in [3.05, 3.63) is 91.0 Å². The highest BCUT2D eigenvalue weighted by atomic mass is 19.4. The fourth-order valence-corrected chi connectivity index (χ4v) is 5.43. The number of nitrogens with one attached hydrogen (secondary N) is 1. The summed E-state index contributed by atoms with van der Waals surface area (Å²) in [6, 6.07) is 4.47. The van der Waals surface area contributed by atoms with Gasteiger partial charge in [0.25, 0.3) is 11.5 Å². The predicted molar refractivity (Wildman–Crippen MR) is 148 cm³/mol. The highest BCUT2D eigenvalue weighted by Crippen LogP contribution is 2.33. The van der Waals surface area contributed by atoms with Gasteiger partial charge in [-0.3, -0.25) is 14.2 Å². The van der Waals surface area contributed by atoms with E-state index >= 15 is 4.39 Å². The number of alkyl halides is 3. The maximum Gasteiger partial charge on any atom is 0.411 e. The summed E-state index contributed by atoms with van der Waals surface area (Å²) in [7, 11) is 1.53. The maximum absolute atomic E-state index is 15.2. The zero-order valence-electron chi connectivity index (χ0n) is 23.6. The van der Waals surface area contributed by atoms with Gasteiger partial charge in [-0.1, -0.05) is 12.1 Å². The Labute approximate surface area is 247 Å². The molecule has 44 heavy (non-hydrogen) atoms. The molecular weight excluding hydrogens is 592 g/mol. The Kier molecular flexibility index (Phi) is 8.36. The molecule has 11 nitrogen and oxygen atoms in total. The first kappa shape index (κ1) is 30.9. The van der Waals surface area contributed by atoms with Gasteiger partial charge in [-0.2, -0.15) is 13.2 Å². The molecule has 15 heteroatoms. The molecule has 1 amide bonds. The summed E-state index contributed by atoms with van der Waals surface area (Å²) >= 11 is 0. The minimum atomic E-state index is -4.63. The van der Waals surface area contributed by atoms with Crippen LogP contribution in [0, 0.1) is 12.7 Å². The molecule has 2 atom stereocenters. The SMILES string of the molecule is Cc1cc(N2CCOC[C@@H]2C(F)(F)F)cc(F)c1C(=O)N[C@@H](Cc1ccc(-n2c(=O)c3c(n(C)c2=O)COC3)cc1)C(=O)O. The van der Waals surface area contributed by atoms with Gasteiger partial charge < -0.3 is 24.8 Å². The van der Waals surface area contributed by atoms with Gasteiger partial charge >= 0.3 is 17.8 Å². The van der Waals surface area contributed by atoms with E-state index in [-0.39, 0.29) is 49.7 Å². The van der Waals surface area contributed by atoms with E-state index < -0.39 is 59.4 Å². The van der Waals surface area contributed by atoms with Crippen LogP contribution < -0.4 is 21.5 Å². The molecule has 3 aromatic rings. The number of aromatic nitrogens is 2. The Balaban J connectivity index is 1.34. The van der Waals surface area contributed by atoms with Crippen LogP contribution in [0.15, 0.2) is 46.0 Å². The van der Waals surface area contributed by atoms with Crippen molar-refractivity contribution in [2.24, 2.45) is 7.05 Å². The molecule has 2 aliphatic heterocycles. The van der Waals surface area contributed by atoms with E-state index in [1.165, 1.54) is 48.9 Å². The molecule has 0 spiro atoms. The number of aryl methyl sites for hydroxylation is 1. The Morgan fingerprint density at radius 3 is 2.43 bits per heavy atom. The molecule has 0 unspecified atom stereocenters. The van der Waals surface area contributed by atoms with Gasteiger partial charge in [0, 0.05) is 25.7 Å². The molecule has 1 saturated heterocycles. The predicted octanol–water partition coefficient (Wildman–Crippen LogP) is 2.21. The first-order valence-corrected chi connectivity index (χ1v) is 13.5. The first-order valence-electron chi connectivity index (χ1n) is 13.5. The summed E-state index contributed by atoms with van der Waals surface area (Å²) in [6.45, 7) is 0.813. The number of hydrogen-bond acceptors (Lipinski definition) is 7. The first-order chi connectivity index (χ1) is 20.8. The van der Waals surface area contributed by atoms with E-state index in [0.717, 1.165) is 15.5 Å². The zero-order chi connectivity index (χ0) is 31.9. The summed E-state index contributed by atoms with van der Waals surface area (Å²) in [4.78, 5) is 51.8. The lowest BCUT2D eigenvalue weighted by atomic mass is 10.0. The molecular formula is C29H28F4N4O7. The van der Waals surface area contributed by atoms with Crippen LogP contribution in [0.25, 0.3) is 5.69 Å². The number of carboxylic acids is 1. The van der Waals surface area contributed by atoms with Crippen molar-refractivity contribution < 1.29 is 41.7 Å². The monoisotopic (exact) mass is 620 g/mol. The summed E-state index contributed by atoms with van der Waals surface area (Å²) in [5.41, 5.74) is -0.116. The van der Waals surface area contributed by atoms with Crippen LogP contribution in [0.3, 0.4) is 0 Å². The lowest BCUT2D eigenvalue weighted by molar-refractivity contribution is -0.167. The third-order valence-corrected chi connectivity index (χ3v) is 7.75. The molecule has 0 radical (unpaired) electrons. The quantitative estimate of drug-likeness (QED) is 0.385. The van der Waals surface area contributed by atoms with Crippen LogP contribution in [0.2, 0.25) is 0 Å². The van der Waals surface area contributed by atoms with E-state index in [4.69, 9.17) is 9.47 Å². The smallest absolute Gasteiger partial charge is 0.411 e. The number of aliphatic carboxylic acids is 1. The van der Waals surface area contributed by atoms with E-state index in [1.54, 1.807) is 0 Å². The number of carbonyl (C=O) groups is 2. The number of anilines is 1. The van der Waals surface area contributed by atoms with E-state index in [9.17, 15) is 37.5 Å². The summed E-state index contributed by atoms with van der Waals surface area (Å²) in [5.74, 6) is -3.58. The van der Waals surface area contributed by atoms with E-state index in [2.05, 4.69) is 5.32 Å². The standard InChI is InChI=1S/C29H28F4N4O7/c1-15-9-18(36-7-8-43-14-23(36)29(31,32)33)11-20(30)24(15)25(38)34-21(27(40)41)10-16-3-5-17(6-4-16)37-26(39)19-12-44-13-22(19)35(2)28(37)42/h3-6,9,11,21,23H,7-8,10,12-14H2,1-2H3,(H,34,38)(H,40,41)/t21-,23+/m0/s1. The summed E-state index contributed by atoms with van der Waals surface area (Å²) in [5, 5.41) is 12.1. The van der Waals surface area contributed by atoms with Crippen LogP contribution in [-0.2, 0) is 41.0 Å². The number of hydrogen-bond donors (Lipinski definition) is 2. The second-order valence-corrected chi connectivity index (χ2v) is 10.6. The lowest BCUT2D eigenvalue weighted by Crippen LogP contribution is -2.53. The topological polar surface area (TPSA) is 132 Å². The van der Waals surface area contributed by atoms with Gasteiger partial charge in [0.1, 0.15) is 17.9 Å². The maximum atomic E-state index is 15.2. The van der Waals surface area contributed by atoms with Crippen molar-refractivity contribution in [3.8, 4) is 5.69 Å². The molecule has 5 rings (SSSR count). The van der Waals surface area contributed by atoms with Crippen LogP contribution in [-0.4, -0.2) is 64.1 Å². The number of nitrogens with zero attached hydrogens (tertiary/aromatic N) is 3. The van der Waals surface area contributed by atoms with Gasteiger partial charge in [-0.25, -0.2) is 18.5 Å². The van der Waals surface area contributed by atoms with Crippen molar-refractivity contribution in [1.82, 2.24) is 14.5 Å². The average molecular weight is 621 g/mol. The molecule has 1 fully saturated rings. The lowest BCUT2D eigenvalue weighted by Gasteiger charge is -2.38. The molecule has 0 aliphatic carbocycles. The molecule has 3 heterocycles. The number of morpholine rings is 1. The number of carboxylic acid groups (broad SMARTS) is 1. The number of halogens is 4. The molecule has 234 valence electrons.